The highest BCUT2D eigenvalue weighted by Gasteiger charge is 2.31. The molecule has 1 unspecified atom stereocenters. The molecule has 0 aliphatic carbocycles. The Kier molecular flexibility index (Phi) is 4.49. The van der Waals surface area contributed by atoms with Gasteiger partial charge in [0.1, 0.15) is 18.6 Å². The Morgan fingerprint density at radius 3 is 2.76 bits per heavy atom. The van der Waals surface area contributed by atoms with Crippen LogP contribution in [-0.2, 0) is 13.1 Å². The van der Waals surface area contributed by atoms with Gasteiger partial charge in [-0.2, -0.15) is 0 Å². The van der Waals surface area contributed by atoms with Crippen LogP contribution in [0.15, 0.2) is 30.5 Å². The third kappa shape index (κ3) is 4.38. The van der Waals surface area contributed by atoms with Crippen molar-refractivity contribution in [2.24, 2.45) is 0 Å². The summed E-state index contributed by atoms with van der Waals surface area (Å²) in [7, 11) is 0. The van der Waals surface area contributed by atoms with Crippen LogP contribution >= 0.6 is 0 Å². The number of alkyl halides is 3. The van der Waals surface area contributed by atoms with E-state index >= 15 is 0 Å². The molecule has 1 atom stereocenters. The number of aromatic nitrogens is 2. The van der Waals surface area contributed by atoms with E-state index in [1.54, 1.807) is 4.57 Å². The predicted molar refractivity (Wildman–Crippen MR) is 78.1 cm³/mol. The minimum atomic E-state index is -4.72. The standard InChI is InChI=1S/C14H13F3N4O4/c15-14(16,17)25-11-3-1-9(2-4-11)5-18-10-6-20-7-12(21(22)23)19-13(20)24-8-10/h1-4,7,10,18H,5-6,8H2. The Labute approximate surface area is 139 Å². The molecule has 0 bridgehead atoms. The number of imidazole rings is 1. The highest BCUT2D eigenvalue weighted by atomic mass is 19.4. The Morgan fingerprint density at radius 2 is 2.12 bits per heavy atom. The Balaban J connectivity index is 1.54. The van der Waals surface area contributed by atoms with Crippen molar-refractivity contribution in [1.29, 1.82) is 0 Å². The van der Waals surface area contributed by atoms with Crippen LogP contribution in [0.5, 0.6) is 11.8 Å². The smallest absolute Gasteiger partial charge is 0.444 e. The molecule has 1 aromatic heterocycles. The fourth-order valence-corrected chi connectivity index (χ4v) is 2.38. The number of fused-ring (bicyclic) bond motifs is 1. The summed E-state index contributed by atoms with van der Waals surface area (Å²) in [4.78, 5) is 13.9. The van der Waals surface area contributed by atoms with Gasteiger partial charge in [-0.15, -0.1) is 13.2 Å². The van der Waals surface area contributed by atoms with E-state index in [9.17, 15) is 23.3 Å². The molecule has 0 saturated carbocycles. The molecule has 2 aromatic rings. The number of nitrogens with zero attached hydrogens (tertiary/aromatic N) is 3. The summed E-state index contributed by atoms with van der Waals surface area (Å²) in [5, 5.41) is 13.9. The first kappa shape index (κ1) is 17.0. The van der Waals surface area contributed by atoms with Crippen LogP contribution < -0.4 is 14.8 Å². The van der Waals surface area contributed by atoms with E-state index in [4.69, 9.17) is 4.74 Å². The van der Waals surface area contributed by atoms with Crippen molar-refractivity contribution in [2.75, 3.05) is 6.61 Å². The van der Waals surface area contributed by atoms with Crippen molar-refractivity contribution >= 4 is 5.82 Å². The SMILES string of the molecule is O=[N+]([O-])c1cn2c(n1)OCC(NCc1ccc(OC(F)(F)F)cc1)C2. The molecular weight excluding hydrogens is 345 g/mol. The average molecular weight is 358 g/mol. The number of halogens is 3. The second kappa shape index (κ2) is 6.59. The van der Waals surface area contributed by atoms with Gasteiger partial charge in [0.05, 0.1) is 6.04 Å². The highest BCUT2D eigenvalue weighted by Crippen LogP contribution is 2.23. The molecule has 0 spiro atoms. The van der Waals surface area contributed by atoms with Crippen LogP contribution in [0, 0.1) is 10.1 Å². The quantitative estimate of drug-likeness (QED) is 0.651. The Hall–Kier alpha value is -2.82. The van der Waals surface area contributed by atoms with Gasteiger partial charge in [-0.3, -0.25) is 4.57 Å². The number of benzene rings is 1. The Morgan fingerprint density at radius 1 is 1.40 bits per heavy atom. The lowest BCUT2D eigenvalue weighted by atomic mass is 10.2. The van der Waals surface area contributed by atoms with Gasteiger partial charge >= 0.3 is 18.2 Å². The molecular formula is C14H13F3N4O4. The van der Waals surface area contributed by atoms with Crippen molar-refractivity contribution in [3.63, 3.8) is 0 Å². The molecule has 0 amide bonds. The number of rotatable bonds is 5. The van der Waals surface area contributed by atoms with Crippen LogP contribution in [0.1, 0.15) is 5.56 Å². The minimum absolute atomic E-state index is 0.118. The maximum Gasteiger partial charge on any atom is 0.573 e. The third-order valence-corrected chi connectivity index (χ3v) is 3.50. The molecule has 1 aliphatic heterocycles. The van der Waals surface area contributed by atoms with Crippen LogP contribution in [-0.4, -0.2) is 33.5 Å². The van der Waals surface area contributed by atoms with Gasteiger partial charge in [0.15, 0.2) is 0 Å². The molecule has 8 nitrogen and oxygen atoms in total. The number of hydrogen-bond acceptors (Lipinski definition) is 6. The second-order valence-corrected chi connectivity index (χ2v) is 5.37. The zero-order valence-electron chi connectivity index (χ0n) is 12.7. The van der Waals surface area contributed by atoms with Crippen LogP contribution in [0.4, 0.5) is 19.0 Å². The van der Waals surface area contributed by atoms with Crippen molar-refractivity contribution in [3.05, 3.63) is 46.1 Å². The summed E-state index contributed by atoms with van der Waals surface area (Å²) in [5.41, 5.74) is 0.761. The van der Waals surface area contributed by atoms with Crippen molar-refractivity contribution in [2.45, 2.75) is 25.5 Å². The van der Waals surface area contributed by atoms with Crippen LogP contribution in [0.3, 0.4) is 0 Å². The Bertz CT molecular complexity index is 760. The van der Waals surface area contributed by atoms with Gasteiger partial charge in [-0.1, -0.05) is 12.1 Å². The first-order valence-electron chi connectivity index (χ1n) is 7.22. The lowest BCUT2D eigenvalue weighted by molar-refractivity contribution is -0.389. The molecule has 134 valence electrons. The summed E-state index contributed by atoms with van der Waals surface area (Å²) in [6.45, 7) is 1.11. The monoisotopic (exact) mass is 358 g/mol. The molecule has 3 rings (SSSR count). The summed E-state index contributed by atoms with van der Waals surface area (Å²) in [5.74, 6) is -0.566. The van der Waals surface area contributed by atoms with E-state index in [1.165, 1.54) is 30.5 Å². The molecule has 0 radical (unpaired) electrons. The van der Waals surface area contributed by atoms with Gasteiger partial charge in [0.25, 0.3) is 0 Å². The van der Waals surface area contributed by atoms with Gasteiger partial charge < -0.3 is 24.9 Å². The summed E-state index contributed by atoms with van der Waals surface area (Å²) in [6.07, 6.45) is -3.42. The molecule has 25 heavy (non-hydrogen) atoms. The molecule has 0 saturated heterocycles. The number of nitro groups is 1. The van der Waals surface area contributed by atoms with E-state index in [1.807, 2.05) is 0 Å². The van der Waals surface area contributed by atoms with E-state index in [0.717, 1.165) is 5.56 Å². The maximum atomic E-state index is 12.1. The largest absolute Gasteiger partial charge is 0.573 e. The fraction of sp³-hybridized carbons (Fsp3) is 0.357. The van der Waals surface area contributed by atoms with Gasteiger partial charge in [-0.05, 0) is 22.6 Å². The first-order chi connectivity index (χ1) is 11.8. The normalized spacial score (nSPS) is 16.8. The topological polar surface area (TPSA) is 91.5 Å². The highest BCUT2D eigenvalue weighted by molar-refractivity contribution is 5.27. The minimum Gasteiger partial charge on any atom is -0.444 e. The summed E-state index contributed by atoms with van der Waals surface area (Å²) < 4.78 is 47.0. The molecule has 2 heterocycles. The number of hydrogen-bond donors (Lipinski definition) is 1. The van der Waals surface area contributed by atoms with E-state index in [0.29, 0.717) is 13.1 Å². The lowest BCUT2D eigenvalue weighted by Crippen LogP contribution is -2.41. The van der Waals surface area contributed by atoms with Gasteiger partial charge in [0, 0.05) is 18.1 Å². The molecule has 1 aromatic carbocycles. The van der Waals surface area contributed by atoms with E-state index in [-0.39, 0.29) is 30.2 Å². The predicted octanol–water partition coefficient (Wildman–Crippen LogP) is 2.24. The molecule has 1 N–H and O–H groups in total. The van der Waals surface area contributed by atoms with Crippen molar-refractivity contribution in [1.82, 2.24) is 14.9 Å². The van der Waals surface area contributed by atoms with Gasteiger partial charge in [0.2, 0.25) is 0 Å². The van der Waals surface area contributed by atoms with Crippen molar-refractivity contribution in [3.8, 4) is 11.8 Å². The number of nitrogens with one attached hydrogen (secondary N) is 1. The summed E-state index contributed by atoms with van der Waals surface area (Å²) in [6, 6.07) is 5.58. The number of ether oxygens (including phenoxy) is 2. The third-order valence-electron chi connectivity index (χ3n) is 3.50. The van der Waals surface area contributed by atoms with Crippen LogP contribution in [0.2, 0.25) is 0 Å². The van der Waals surface area contributed by atoms with Crippen LogP contribution in [0.25, 0.3) is 0 Å². The van der Waals surface area contributed by atoms with E-state index in [2.05, 4.69) is 15.0 Å². The summed E-state index contributed by atoms with van der Waals surface area (Å²) >= 11 is 0. The molecule has 11 heteroatoms. The van der Waals surface area contributed by atoms with Gasteiger partial charge in [-0.25, -0.2) is 0 Å². The van der Waals surface area contributed by atoms with E-state index < -0.39 is 11.3 Å². The molecule has 1 aliphatic rings. The lowest BCUT2D eigenvalue weighted by Gasteiger charge is -2.23. The fourth-order valence-electron chi connectivity index (χ4n) is 2.38. The second-order valence-electron chi connectivity index (χ2n) is 5.37. The van der Waals surface area contributed by atoms with Crippen molar-refractivity contribution < 1.29 is 27.6 Å². The zero-order valence-corrected chi connectivity index (χ0v) is 12.7. The average Bonchev–Trinajstić information content (AvgIpc) is 2.96. The first-order valence-corrected chi connectivity index (χ1v) is 7.22. The maximum absolute atomic E-state index is 12.1. The zero-order chi connectivity index (χ0) is 18.0. The molecule has 0 fully saturated rings.